The molecule has 0 atom stereocenters. The molecule has 8 heteroatoms. The van der Waals surface area contributed by atoms with Gasteiger partial charge in [0.2, 0.25) is 0 Å². The molecular formula is C34H37N7O. The van der Waals surface area contributed by atoms with E-state index in [1.807, 2.05) is 84.9 Å². The summed E-state index contributed by atoms with van der Waals surface area (Å²) < 4.78 is 0. The Hall–Kier alpha value is -4.85. The summed E-state index contributed by atoms with van der Waals surface area (Å²) >= 11 is 0. The van der Waals surface area contributed by atoms with Crippen LogP contribution in [-0.4, -0.2) is 18.9 Å². The van der Waals surface area contributed by atoms with Crippen LogP contribution in [0.5, 0.6) is 0 Å². The largest absolute Gasteiger partial charge is 0.372 e. The number of rotatable bonds is 14. The predicted molar refractivity (Wildman–Crippen MR) is 170 cm³/mol. The molecule has 0 heterocycles. The van der Waals surface area contributed by atoms with E-state index in [1.165, 1.54) is 5.69 Å². The van der Waals surface area contributed by atoms with E-state index in [-0.39, 0.29) is 5.78 Å². The predicted octanol–water partition coefficient (Wildman–Crippen LogP) is 11.5. The molecule has 0 aromatic heterocycles. The maximum absolute atomic E-state index is 12.2. The summed E-state index contributed by atoms with van der Waals surface area (Å²) in [5, 5.41) is 25.9. The van der Waals surface area contributed by atoms with Crippen molar-refractivity contribution in [1.29, 1.82) is 0 Å². The van der Waals surface area contributed by atoms with Gasteiger partial charge < -0.3 is 4.90 Å². The lowest BCUT2D eigenvalue weighted by Crippen LogP contribution is -2.21. The second kappa shape index (κ2) is 15.8. The minimum Gasteiger partial charge on any atom is -0.372 e. The van der Waals surface area contributed by atoms with Gasteiger partial charge in [0, 0.05) is 30.8 Å². The minimum absolute atomic E-state index is 0.172. The molecule has 0 radical (unpaired) electrons. The van der Waals surface area contributed by atoms with Crippen LogP contribution in [-0.2, 0) is 0 Å². The molecule has 0 saturated carbocycles. The van der Waals surface area contributed by atoms with Crippen molar-refractivity contribution >= 4 is 45.6 Å². The van der Waals surface area contributed by atoms with Crippen molar-refractivity contribution < 1.29 is 4.79 Å². The number of hydrogen-bond donors (Lipinski definition) is 0. The van der Waals surface area contributed by atoms with Gasteiger partial charge >= 0.3 is 0 Å². The Morgan fingerprint density at radius 1 is 0.500 bits per heavy atom. The van der Waals surface area contributed by atoms with Gasteiger partial charge in [-0.25, -0.2) is 0 Å². The number of anilines is 1. The molecule has 0 N–H and O–H groups in total. The van der Waals surface area contributed by atoms with Gasteiger partial charge in [-0.2, -0.15) is 30.7 Å². The van der Waals surface area contributed by atoms with Gasteiger partial charge in [-0.05, 0) is 117 Å². The van der Waals surface area contributed by atoms with E-state index >= 15 is 0 Å². The quantitative estimate of drug-likeness (QED) is 0.0872. The maximum atomic E-state index is 12.2. The molecule has 4 rings (SSSR count). The summed E-state index contributed by atoms with van der Waals surface area (Å²) in [5.74, 6) is 0.172. The van der Waals surface area contributed by atoms with Crippen LogP contribution in [0.25, 0.3) is 0 Å². The zero-order valence-electron chi connectivity index (χ0n) is 24.5. The molecule has 214 valence electrons. The Labute approximate surface area is 248 Å². The first-order valence-corrected chi connectivity index (χ1v) is 14.5. The number of hydrogen-bond acceptors (Lipinski definition) is 8. The van der Waals surface area contributed by atoms with E-state index in [4.69, 9.17) is 0 Å². The van der Waals surface area contributed by atoms with Crippen LogP contribution in [0.15, 0.2) is 128 Å². The van der Waals surface area contributed by atoms with Crippen LogP contribution in [0.2, 0.25) is 0 Å². The summed E-state index contributed by atoms with van der Waals surface area (Å²) in [6, 6.07) is 30.1. The second-order valence-electron chi connectivity index (χ2n) is 9.75. The number of carbonyl (C=O) groups excluding carboxylic acids is 1. The Bertz CT molecular complexity index is 1490. The lowest BCUT2D eigenvalue weighted by atomic mass is 10.0. The van der Waals surface area contributed by atoms with Crippen molar-refractivity contribution in [2.45, 2.75) is 46.5 Å². The Balaban J connectivity index is 1.28. The van der Waals surface area contributed by atoms with Crippen LogP contribution in [0.4, 0.5) is 39.8 Å². The van der Waals surface area contributed by atoms with E-state index in [0.29, 0.717) is 29.2 Å². The summed E-state index contributed by atoms with van der Waals surface area (Å²) in [6.07, 6.45) is 3.70. The average Bonchev–Trinajstić information content (AvgIpc) is 3.04. The highest BCUT2D eigenvalue weighted by molar-refractivity contribution is 5.96. The third-order valence-corrected chi connectivity index (χ3v) is 6.72. The Morgan fingerprint density at radius 3 is 1.17 bits per heavy atom. The monoisotopic (exact) mass is 559 g/mol. The van der Waals surface area contributed by atoms with Gasteiger partial charge in [0.05, 0.1) is 34.1 Å². The lowest BCUT2D eigenvalue weighted by molar-refractivity contribution is 0.0979. The summed E-state index contributed by atoms with van der Waals surface area (Å²) in [4.78, 5) is 14.5. The molecular weight excluding hydrogens is 522 g/mol. The first kappa shape index (κ1) is 30.1. The van der Waals surface area contributed by atoms with E-state index in [2.05, 4.69) is 68.5 Å². The van der Waals surface area contributed by atoms with Crippen molar-refractivity contribution in [2.75, 3.05) is 18.0 Å². The fourth-order valence-corrected chi connectivity index (χ4v) is 4.23. The molecule has 4 aromatic carbocycles. The molecule has 0 fully saturated rings. The van der Waals surface area contributed by atoms with Crippen LogP contribution in [0.3, 0.4) is 0 Å². The first-order chi connectivity index (χ1) is 20.6. The molecule has 4 aromatic rings. The third-order valence-electron chi connectivity index (χ3n) is 6.72. The number of unbranched alkanes of at least 4 members (excludes halogenated alkanes) is 2. The molecule has 0 spiro atoms. The molecule has 0 aliphatic heterocycles. The van der Waals surface area contributed by atoms with Gasteiger partial charge in [0.25, 0.3) is 0 Å². The first-order valence-electron chi connectivity index (χ1n) is 14.5. The number of benzene rings is 4. The fourth-order valence-electron chi connectivity index (χ4n) is 4.23. The molecule has 0 aliphatic carbocycles. The van der Waals surface area contributed by atoms with E-state index in [0.717, 1.165) is 49.3 Å². The Morgan fingerprint density at radius 2 is 0.833 bits per heavy atom. The fraction of sp³-hybridized carbons (Fsp3) is 0.265. The van der Waals surface area contributed by atoms with Gasteiger partial charge in [-0.3, -0.25) is 4.79 Å². The molecule has 0 unspecified atom stereocenters. The summed E-state index contributed by atoms with van der Waals surface area (Å²) in [5.41, 5.74) is 6.26. The van der Waals surface area contributed by atoms with E-state index in [9.17, 15) is 4.79 Å². The Kier molecular flexibility index (Phi) is 11.3. The number of ketones is 1. The van der Waals surface area contributed by atoms with E-state index < -0.39 is 0 Å². The van der Waals surface area contributed by atoms with Crippen LogP contribution in [0.1, 0.15) is 56.8 Å². The highest BCUT2D eigenvalue weighted by atomic mass is 16.1. The lowest BCUT2D eigenvalue weighted by Gasteiger charge is -2.20. The number of nitrogens with zero attached hydrogens (tertiary/aromatic N) is 7. The topological polar surface area (TPSA) is 94.5 Å². The number of carbonyl (C=O) groups is 1. The second-order valence-corrected chi connectivity index (χ2v) is 9.75. The van der Waals surface area contributed by atoms with Gasteiger partial charge in [-0.1, -0.05) is 19.8 Å². The molecule has 0 bridgehead atoms. The average molecular weight is 560 g/mol. The van der Waals surface area contributed by atoms with Crippen molar-refractivity contribution in [2.24, 2.45) is 30.7 Å². The SMILES string of the molecule is CCCCCC(=O)c1ccc(N=Nc2ccc(N=Nc3ccc(N=Nc4ccc(N(CC)CC)cc4)cc3)cc2)cc1. The number of azo groups is 3. The smallest absolute Gasteiger partial charge is 0.162 e. The van der Waals surface area contributed by atoms with Crippen LogP contribution < -0.4 is 4.90 Å². The summed E-state index contributed by atoms with van der Waals surface area (Å²) in [6.45, 7) is 8.37. The van der Waals surface area contributed by atoms with Gasteiger partial charge in [0.15, 0.2) is 5.78 Å². The van der Waals surface area contributed by atoms with Crippen molar-refractivity contribution in [1.82, 2.24) is 0 Å². The normalized spacial score (nSPS) is 11.6. The highest BCUT2D eigenvalue weighted by Gasteiger charge is 2.05. The van der Waals surface area contributed by atoms with Gasteiger partial charge in [0.1, 0.15) is 0 Å². The zero-order valence-corrected chi connectivity index (χ0v) is 24.5. The highest BCUT2D eigenvalue weighted by Crippen LogP contribution is 2.26. The zero-order chi connectivity index (χ0) is 29.6. The molecule has 0 aliphatic rings. The molecule has 8 nitrogen and oxygen atoms in total. The summed E-state index contributed by atoms with van der Waals surface area (Å²) in [7, 11) is 0. The molecule has 0 saturated heterocycles. The molecule has 42 heavy (non-hydrogen) atoms. The van der Waals surface area contributed by atoms with E-state index in [1.54, 1.807) is 0 Å². The van der Waals surface area contributed by atoms with Gasteiger partial charge in [-0.15, -0.1) is 0 Å². The van der Waals surface area contributed by atoms with Crippen molar-refractivity contribution in [3.63, 3.8) is 0 Å². The van der Waals surface area contributed by atoms with Crippen LogP contribution >= 0.6 is 0 Å². The van der Waals surface area contributed by atoms with Crippen LogP contribution in [0, 0.1) is 0 Å². The maximum Gasteiger partial charge on any atom is 0.162 e. The standard InChI is InChI=1S/C34H37N7O/c1-4-7-8-9-34(42)26-10-12-27(13-11-26)35-36-28-14-16-29(17-15-28)37-38-30-18-20-31(21-19-30)39-40-32-22-24-33(25-23-32)41(5-2)6-3/h10-25H,4-9H2,1-3H3. The number of Topliss-reactive ketones (excluding diaryl/α,β-unsaturated/α-hetero) is 1. The van der Waals surface area contributed by atoms with Crippen molar-refractivity contribution in [3.8, 4) is 0 Å². The minimum atomic E-state index is 0.172. The third kappa shape index (κ3) is 9.09. The molecule has 0 amide bonds. The van der Waals surface area contributed by atoms with Crippen molar-refractivity contribution in [3.05, 3.63) is 103 Å².